The van der Waals surface area contributed by atoms with E-state index in [1.165, 1.54) is 6.07 Å². The summed E-state index contributed by atoms with van der Waals surface area (Å²) >= 11 is 0. The summed E-state index contributed by atoms with van der Waals surface area (Å²) in [6, 6.07) is 3.97. The monoisotopic (exact) mass is 365 g/mol. The third kappa shape index (κ3) is 4.22. The number of hydrogen-bond donors (Lipinski definition) is 1. The van der Waals surface area contributed by atoms with Gasteiger partial charge < -0.3 is 9.26 Å². The predicted octanol–water partition coefficient (Wildman–Crippen LogP) is 1.65. The van der Waals surface area contributed by atoms with Crippen molar-refractivity contribution in [2.24, 2.45) is 0 Å². The first-order chi connectivity index (χ1) is 11.1. The highest BCUT2D eigenvalue weighted by molar-refractivity contribution is 7.90. The van der Waals surface area contributed by atoms with E-state index in [0.29, 0.717) is 6.42 Å². The summed E-state index contributed by atoms with van der Waals surface area (Å²) in [7, 11) is -4.66. The molecule has 0 aliphatic rings. The summed E-state index contributed by atoms with van der Waals surface area (Å²) in [6.45, 7) is 1.67. The molecule has 0 aliphatic heterocycles. The van der Waals surface area contributed by atoms with Gasteiger partial charge in [-0.2, -0.15) is 4.98 Å². The Balaban J connectivity index is 2.29. The van der Waals surface area contributed by atoms with Crippen LogP contribution in [0.15, 0.2) is 33.7 Å². The van der Waals surface area contributed by atoms with E-state index in [2.05, 4.69) is 19.4 Å². The lowest BCUT2D eigenvalue weighted by atomic mass is 10.3. The van der Waals surface area contributed by atoms with Crippen LogP contribution in [0.25, 0.3) is 0 Å². The van der Waals surface area contributed by atoms with Crippen molar-refractivity contribution in [3.63, 3.8) is 0 Å². The zero-order valence-corrected chi connectivity index (χ0v) is 12.8. The van der Waals surface area contributed by atoms with E-state index in [9.17, 15) is 26.4 Å². The molecule has 0 saturated heterocycles. The third-order valence-electron chi connectivity index (χ3n) is 2.57. The second-order valence-corrected chi connectivity index (χ2v) is 5.95. The fourth-order valence-corrected chi connectivity index (χ4v) is 2.67. The van der Waals surface area contributed by atoms with E-state index >= 15 is 0 Å². The van der Waals surface area contributed by atoms with Crippen molar-refractivity contribution in [1.29, 1.82) is 0 Å². The molecule has 0 unspecified atom stereocenters. The van der Waals surface area contributed by atoms with E-state index in [-0.39, 0.29) is 5.82 Å². The predicted molar refractivity (Wildman–Crippen MR) is 71.5 cm³/mol. The van der Waals surface area contributed by atoms with E-state index in [1.54, 1.807) is 11.6 Å². The number of para-hydroxylation sites is 1. The molecule has 0 spiro atoms. The van der Waals surface area contributed by atoms with Gasteiger partial charge in [0.05, 0.1) is 0 Å². The number of amides is 1. The molecule has 2 rings (SSSR count). The van der Waals surface area contributed by atoms with Crippen molar-refractivity contribution in [2.45, 2.75) is 24.6 Å². The Kier molecular flexibility index (Phi) is 4.78. The minimum Gasteiger partial charge on any atom is -0.404 e. The van der Waals surface area contributed by atoms with Crippen LogP contribution < -0.4 is 9.46 Å². The summed E-state index contributed by atoms with van der Waals surface area (Å²) in [6.07, 6.45) is -4.76. The maximum absolute atomic E-state index is 12.3. The van der Waals surface area contributed by atoms with Crippen LogP contribution in [0.5, 0.6) is 5.75 Å². The Labute approximate surface area is 133 Å². The second-order valence-electron chi connectivity index (χ2n) is 4.30. The number of nitrogens with zero attached hydrogens (tertiary/aromatic N) is 2. The minimum atomic E-state index is -5.10. The van der Waals surface area contributed by atoms with E-state index < -0.39 is 38.8 Å². The largest absolute Gasteiger partial charge is 0.573 e. The van der Waals surface area contributed by atoms with Gasteiger partial charge in [-0.05, 0) is 12.1 Å². The number of carbonyl (C=O) groups excluding carboxylic acids is 1. The van der Waals surface area contributed by atoms with E-state index in [0.717, 1.165) is 18.2 Å². The minimum absolute atomic E-state index is 0.165. The van der Waals surface area contributed by atoms with E-state index in [4.69, 9.17) is 0 Å². The molecule has 0 bridgehead atoms. The first-order valence-corrected chi connectivity index (χ1v) is 7.85. The van der Waals surface area contributed by atoms with Gasteiger partial charge in [0.1, 0.15) is 10.6 Å². The molecule has 130 valence electrons. The molecule has 8 nitrogen and oxygen atoms in total. The third-order valence-corrected chi connectivity index (χ3v) is 3.94. The van der Waals surface area contributed by atoms with Gasteiger partial charge in [0, 0.05) is 6.42 Å². The van der Waals surface area contributed by atoms with Crippen LogP contribution in [0.2, 0.25) is 0 Å². The van der Waals surface area contributed by atoms with Crippen molar-refractivity contribution in [1.82, 2.24) is 14.9 Å². The summed E-state index contributed by atoms with van der Waals surface area (Å²) in [5, 5.41) is 3.41. The van der Waals surface area contributed by atoms with Crippen LogP contribution in [0.1, 0.15) is 23.4 Å². The number of carbonyl (C=O) groups is 1. The Morgan fingerprint density at radius 2 is 2.00 bits per heavy atom. The quantitative estimate of drug-likeness (QED) is 0.857. The maximum atomic E-state index is 12.3. The van der Waals surface area contributed by atoms with Crippen LogP contribution in [0.4, 0.5) is 13.2 Å². The van der Waals surface area contributed by atoms with Crippen LogP contribution in [-0.4, -0.2) is 30.8 Å². The normalized spacial score (nSPS) is 12.0. The Morgan fingerprint density at radius 1 is 1.33 bits per heavy atom. The first-order valence-electron chi connectivity index (χ1n) is 6.37. The molecule has 0 saturated carbocycles. The number of aryl methyl sites for hydroxylation is 1. The van der Waals surface area contributed by atoms with Crippen LogP contribution >= 0.6 is 0 Å². The standard InChI is InChI=1S/C12H10F3N3O5S/c1-2-9-16-11(23-17-9)10(19)18-24(20,21)8-6-4-3-5-7(8)22-12(13,14)15/h3-6H,2H2,1H3,(H,18,19). The summed E-state index contributed by atoms with van der Waals surface area (Å²) in [4.78, 5) is 14.6. The van der Waals surface area contributed by atoms with Gasteiger partial charge >= 0.3 is 18.2 Å². The van der Waals surface area contributed by atoms with Crippen LogP contribution in [0.3, 0.4) is 0 Å². The number of aromatic nitrogens is 2. The second kappa shape index (κ2) is 6.47. The topological polar surface area (TPSA) is 111 Å². The number of ether oxygens (including phenoxy) is 1. The average molecular weight is 365 g/mol. The highest BCUT2D eigenvalue weighted by Gasteiger charge is 2.34. The molecule has 0 atom stereocenters. The number of hydrogen-bond acceptors (Lipinski definition) is 7. The zero-order valence-electron chi connectivity index (χ0n) is 12.0. The van der Waals surface area contributed by atoms with Gasteiger partial charge in [0.2, 0.25) is 0 Å². The molecule has 1 aromatic carbocycles. The van der Waals surface area contributed by atoms with Gasteiger partial charge in [-0.15, -0.1) is 13.2 Å². The number of nitrogens with one attached hydrogen (secondary N) is 1. The fourth-order valence-electron chi connectivity index (χ4n) is 1.59. The Bertz CT molecular complexity index is 848. The SMILES string of the molecule is CCc1noc(C(=O)NS(=O)(=O)c2ccccc2OC(F)(F)F)n1. The van der Waals surface area contributed by atoms with Gasteiger partial charge in [-0.25, -0.2) is 13.1 Å². The van der Waals surface area contributed by atoms with Crippen molar-refractivity contribution < 1.29 is 35.6 Å². The Hall–Kier alpha value is -2.63. The van der Waals surface area contributed by atoms with Crippen molar-refractivity contribution in [3.8, 4) is 5.75 Å². The molecule has 2 aromatic rings. The highest BCUT2D eigenvalue weighted by atomic mass is 32.2. The van der Waals surface area contributed by atoms with Gasteiger partial charge in [0.15, 0.2) is 5.82 Å². The van der Waals surface area contributed by atoms with Crippen molar-refractivity contribution >= 4 is 15.9 Å². The molecule has 12 heteroatoms. The van der Waals surface area contributed by atoms with Crippen molar-refractivity contribution in [3.05, 3.63) is 36.0 Å². The van der Waals surface area contributed by atoms with Crippen LogP contribution in [0, 0.1) is 0 Å². The smallest absolute Gasteiger partial charge is 0.404 e. The molecule has 0 aliphatic carbocycles. The Morgan fingerprint density at radius 3 is 2.58 bits per heavy atom. The molecule has 1 N–H and O–H groups in total. The van der Waals surface area contributed by atoms with Gasteiger partial charge in [-0.3, -0.25) is 4.79 Å². The number of rotatable bonds is 5. The van der Waals surface area contributed by atoms with Crippen molar-refractivity contribution in [2.75, 3.05) is 0 Å². The number of sulfonamides is 1. The molecule has 1 heterocycles. The zero-order chi connectivity index (χ0) is 18.0. The molecular formula is C12H10F3N3O5S. The summed E-state index contributed by atoms with van der Waals surface area (Å²) < 4.78 is 71.0. The fraction of sp³-hybridized carbons (Fsp3) is 0.250. The molecule has 0 radical (unpaired) electrons. The maximum Gasteiger partial charge on any atom is 0.573 e. The van der Waals surface area contributed by atoms with Gasteiger partial charge in [0.25, 0.3) is 10.0 Å². The molecule has 24 heavy (non-hydrogen) atoms. The van der Waals surface area contributed by atoms with Gasteiger partial charge in [-0.1, -0.05) is 24.2 Å². The lowest BCUT2D eigenvalue weighted by Crippen LogP contribution is -2.31. The summed E-state index contributed by atoms with van der Waals surface area (Å²) in [5.41, 5.74) is 0. The average Bonchev–Trinajstić information content (AvgIpc) is 2.94. The number of benzene rings is 1. The lowest BCUT2D eigenvalue weighted by Gasteiger charge is -2.13. The lowest BCUT2D eigenvalue weighted by molar-refractivity contribution is -0.275. The first kappa shape index (κ1) is 17.7. The molecular weight excluding hydrogens is 355 g/mol. The van der Waals surface area contributed by atoms with E-state index in [1.807, 2.05) is 0 Å². The molecule has 0 fully saturated rings. The molecule has 1 amide bonds. The number of alkyl halides is 3. The summed E-state index contributed by atoms with van der Waals surface area (Å²) in [5.74, 6) is -2.72. The highest BCUT2D eigenvalue weighted by Crippen LogP contribution is 2.29. The number of halogens is 3. The molecule has 1 aromatic heterocycles. The van der Waals surface area contributed by atoms with Crippen LogP contribution in [-0.2, 0) is 16.4 Å².